The Kier molecular flexibility index (Phi) is 4.27. The van der Waals surface area contributed by atoms with Crippen molar-refractivity contribution in [3.8, 4) is 0 Å². The van der Waals surface area contributed by atoms with Crippen molar-refractivity contribution in [3.05, 3.63) is 64.4 Å². The second-order valence-electron chi connectivity index (χ2n) is 7.43. The van der Waals surface area contributed by atoms with Crippen LogP contribution in [0.1, 0.15) is 26.6 Å². The molecule has 0 aliphatic heterocycles. The summed E-state index contributed by atoms with van der Waals surface area (Å²) >= 11 is 1.63. The topological polar surface area (TPSA) is 89.9 Å². The van der Waals surface area contributed by atoms with Crippen molar-refractivity contribution in [2.45, 2.75) is 20.4 Å². The number of carbonyl (C=O) groups is 1. The van der Waals surface area contributed by atoms with E-state index in [0.717, 1.165) is 48.3 Å². The van der Waals surface area contributed by atoms with E-state index in [-0.39, 0.29) is 5.91 Å². The Labute approximate surface area is 176 Å². The summed E-state index contributed by atoms with van der Waals surface area (Å²) in [5, 5.41) is 8.62. The third-order valence-corrected chi connectivity index (χ3v) is 6.21. The number of nitrogens with two attached hydrogens (primary N) is 1. The molecule has 7 nitrogen and oxygen atoms in total. The maximum Gasteiger partial charge on any atom is 0.268 e. The summed E-state index contributed by atoms with van der Waals surface area (Å²) < 4.78 is 2.92. The van der Waals surface area contributed by atoms with Gasteiger partial charge in [-0.3, -0.25) is 19.5 Å². The van der Waals surface area contributed by atoms with E-state index in [1.165, 1.54) is 5.01 Å². The average Bonchev–Trinajstić information content (AvgIpc) is 3.24. The van der Waals surface area contributed by atoms with E-state index in [0.29, 0.717) is 12.1 Å². The molecule has 8 heteroatoms. The van der Waals surface area contributed by atoms with Gasteiger partial charge in [-0.15, -0.1) is 11.3 Å². The zero-order valence-electron chi connectivity index (χ0n) is 16.9. The van der Waals surface area contributed by atoms with E-state index in [1.807, 2.05) is 62.1 Å². The van der Waals surface area contributed by atoms with E-state index in [1.54, 1.807) is 17.4 Å². The van der Waals surface area contributed by atoms with Gasteiger partial charge in [-0.2, -0.15) is 5.10 Å². The normalized spacial score (nSPS) is 11.6. The first kappa shape index (κ1) is 18.7. The lowest BCUT2D eigenvalue weighted by molar-refractivity contribution is 0.0743. The molecule has 5 rings (SSSR count). The quantitative estimate of drug-likeness (QED) is 0.274. The highest BCUT2D eigenvalue weighted by Crippen LogP contribution is 2.27. The predicted octanol–water partition coefficient (Wildman–Crippen LogP) is 3.86. The maximum atomic E-state index is 13.0. The number of hydrogen-bond acceptors (Lipinski definition) is 6. The number of carbonyl (C=O) groups excluding carboxylic acids is 1. The van der Waals surface area contributed by atoms with Crippen molar-refractivity contribution >= 4 is 49.3 Å². The molecular weight excluding hydrogens is 396 g/mol. The van der Waals surface area contributed by atoms with Crippen molar-refractivity contribution < 1.29 is 4.79 Å². The highest BCUT2D eigenvalue weighted by atomic mass is 32.1. The van der Waals surface area contributed by atoms with Crippen LogP contribution >= 0.6 is 11.3 Å². The predicted molar refractivity (Wildman–Crippen MR) is 119 cm³/mol. The summed E-state index contributed by atoms with van der Waals surface area (Å²) in [6, 6.07) is 11.4. The lowest BCUT2D eigenvalue weighted by Gasteiger charge is -2.17. The first-order valence-electron chi connectivity index (χ1n) is 9.55. The van der Waals surface area contributed by atoms with Crippen molar-refractivity contribution in [2.24, 2.45) is 12.9 Å². The van der Waals surface area contributed by atoms with Gasteiger partial charge in [-0.05, 0) is 49.7 Å². The van der Waals surface area contributed by atoms with E-state index >= 15 is 0 Å². The van der Waals surface area contributed by atoms with E-state index in [4.69, 9.17) is 5.84 Å². The molecule has 0 unspecified atom stereocenters. The summed E-state index contributed by atoms with van der Waals surface area (Å²) in [4.78, 5) is 22.0. The van der Waals surface area contributed by atoms with Gasteiger partial charge in [-0.25, -0.2) is 10.8 Å². The molecule has 2 aromatic carbocycles. The van der Waals surface area contributed by atoms with Crippen LogP contribution < -0.4 is 5.84 Å². The second kappa shape index (κ2) is 6.86. The Morgan fingerprint density at radius 2 is 1.93 bits per heavy atom. The van der Waals surface area contributed by atoms with Crippen molar-refractivity contribution in [2.75, 3.05) is 0 Å². The van der Waals surface area contributed by atoms with Crippen LogP contribution in [0.25, 0.3) is 32.0 Å². The van der Waals surface area contributed by atoms with Crippen molar-refractivity contribution in [1.82, 2.24) is 24.8 Å². The van der Waals surface area contributed by atoms with E-state index in [2.05, 4.69) is 15.1 Å². The largest absolute Gasteiger partial charge is 0.272 e. The molecule has 0 aliphatic rings. The van der Waals surface area contributed by atoms with Crippen molar-refractivity contribution in [3.63, 3.8) is 0 Å². The molecule has 5 aromatic rings. The highest BCUT2D eigenvalue weighted by molar-refractivity contribution is 7.18. The van der Waals surface area contributed by atoms with Crippen molar-refractivity contribution in [1.29, 1.82) is 0 Å². The molecule has 3 heterocycles. The monoisotopic (exact) mass is 416 g/mol. The summed E-state index contributed by atoms with van der Waals surface area (Å²) in [7, 11) is 1.90. The first-order valence-corrected chi connectivity index (χ1v) is 10.4. The summed E-state index contributed by atoms with van der Waals surface area (Å²) in [5.74, 6) is 5.92. The molecule has 150 valence electrons. The third-order valence-electron chi connectivity index (χ3n) is 5.27. The fourth-order valence-electron chi connectivity index (χ4n) is 3.87. The van der Waals surface area contributed by atoms with Gasteiger partial charge >= 0.3 is 0 Å². The zero-order chi connectivity index (χ0) is 21.0. The molecule has 0 spiro atoms. The molecular formula is C22H20N6OS. The Bertz CT molecular complexity index is 1450. The molecule has 2 N–H and O–H groups in total. The lowest BCUT2D eigenvalue weighted by Crippen LogP contribution is -2.36. The number of amides is 1. The molecule has 0 radical (unpaired) electrons. The van der Waals surface area contributed by atoms with Gasteiger partial charge in [-0.1, -0.05) is 6.07 Å². The number of hydrogen-bond donors (Lipinski definition) is 1. The van der Waals surface area contributed by atoms with Crippen LogP contribution in [-0.2, 0) is 13.6 Å². The van der Waals surface area contributed by atoms with Gasteiger partial charge in [0.2, 0.25) is 0 Å². The molecule has 0 fully saturated rings. The van der Waals surface area contributed by atoms with Crippen LogP contribution in [0.2, 0.25) is 0 Å². The minimum absolute atomic E-state index is 0.242. The molecule has 0 bridgehead atoms. The number of thiazole rings is 1. The number of pyridine rings is 1. The van der Waals surface area contributed by atoms with Crippen LogP contribution in [-0.4, -0.2) is 30.7 Å². The summed E-state index contributed by atoms with van der Waals surface area (Å²) in [6.07, 6.45) is 1.83. The Hall–Kier alpha value is -3.36. The maximum absolute atomic E-state index is 13.0. The van der Waals surface area contributed by atoms with Crippen LogP contribution in [0.4, 0.5) is 0 Å². The average molecular weight is 417 g/mol. The number of fused-ring (bicyclic) bond motifs is 4. The molecule has 30 heavy (non-hydrogen) atoms. The number of nitrogens with zero attached hydrogens (tertiary/aromatic N) is 5. The molecule has 0 saturated heterocycles. The Balaban J connectivity index is 1.48. The van der Waals surface area contributed by atoms with Gasteiger partial charge in [0.25, 0.3) is 5.91 Å². The molecule has 1 amide bonds. The number of benzene rings is 2. The standard InChI is InChI=1S/C22H20N6OS/c1-12-17-10-24-18-7-5-15(9-16(18)21(17)27(3)26-12)22(29)28(23)11-14-4-6-19-20(8-14)30-13(2)25-19/h4-10H,11,23H2,1-3H3. The SMILES string of the molecule is Cc1nc2ccc(CN(N)C(=O)c3ccc4ncc5c(C)nn(C)c5c4c3)cc2s1. The molecule has 3 aromatic heterocycles. The number of rotatable bonds is 3. The summed E-state index contributed by atoms with van der Waals surface area (Å²) in [5.41, 5.74) is 5.14. The fraction of sp³-hybridized carbons (Fsp3) is 0.182. The van der Waals surface area contributed by atoms with Gasteiger partial charge in [0, 0.05) is 29.6 Å². The van der Waals surface area contributed by atoms with Gasteiger partial charge < -0.3 is 0 Å². The van der Waals surface area contributed by atoms with Crippen LogP contribution in [0.15, 0.2) is 42.6 Å². The van der Waals surface area contributed by atoms with Crippen LogP contribution in [0, 0.1) is 13.8 Å². The minimum Gasteiger partial charge on any atom is -0.272 e. The highest BCUT2D eigenvalue weighted by Gasteiger charge is 2.16. The molecule has 0 saturated carbocycles. The van der Waals surface area contributed by atoms with Crippen LogP contribution in [0.5, 0.6) is 0 Å². The van der Waals surface area contributed by atoms with Crippen LogP contribution in [0.3, 0.4) is 0 Å². The minimum atomic E-state index is -0.242. The van der Waals surface area contributed by atoms with E-state index < -0.39 is 0 Å². The smallest absolute Gasteiger partial charge is 0.268 e. The fourth-order valence-corrected chi connectivity index (χ4v) is 4.76. The third kappa shape index (κ3) is 3.01. The number of aryl methyl sites for hydroxylation is 3. The number of hydrazine groups is 1. The first-order chi connectivity index (χ1) is 14.4. The Morgan fingerprint density at radius 3 is 2.77 bits per heavy atom. The van der Waals surface area contributed by atoms with Gasteiger partial charge in [0.1, 0.15) is 0 Å². The summed E-state index contributed by atoms with van der Waals surface area (Å²) in [6.45, 7) is 4.25. The Morgan fingerprint density at radius 1 is 1.13 bits per heavy atom. The molecule has 0 atom stereocenters. The van der Waals surface area contributed by atoms with Gasteiger partial charge in [0.15, 0.2) is 0 Å². The van der Waals surface area contributed by atoms with E-state index in [9.17, 15) is 4.79 Å². The zero-order valence-corrected chi connectivity index (χ0v) is 17.7. The van der Waals surface area contributed by atoms with Gasteiger partial charge in [0.05, 0.1) is 38.5 Å². The lowest BCUT2D eigenvalue weighted by atomic mass is 10.1. The second-order valence-corrected chi connectivity index (χ2v) is 8.66. The number of aromatic nitrogens is 4. The molecule has 0 aliphatic carbocycles.